The zero-order chi connectivity index (χ0) is 17.0. The molecule has 1 unspecified atom stereocenters. The van der Waals surface area contributed by atoms with E-state index in [0.717, 1.165) is 43.7 Å². The monoisotopic (exact) mass is 322 g/mol. The predicted molar refractivity (Wildman–Crippen MR) is 91.5 cm³/mol. The van der Waals surface area contributed by atoms with Gasteiger partial charge in [-0.15, -0.1) is 0 Å². The lowest BCUT2D eigenvalue weighted by molar-refractivity contribution is -0.117. The lowest BCUT2D eigenvalue weighted by atomic mass is 10.1. The van der Waals surface area contributed by atoms with Gasteiger partial charge in [-0.1, -0.05) is 0 Å². The highest BCUT2D eigenvalue weighted by Crippen LogP contribution is 2.23. The minimum atomic E-state index is -0.172. The highest BCUT2D eigenvalue weighted by atomic mass is 16.3. The van der Waals surface area contributed by atoms with Gasteiger partial charge in [0.2, 0.25) is 5.91 Å². The SMILES string of the molecule is Cc1cc(NC(=O)CN2CCCC2CCCO)n(C(C)(C)C)n1. The molecular weight excluding hydrogens is 292 g/mol. The van der Waals surface area contributed by atoms with E-state index in [1.807, 2.05) is 17.7 Å². The van der Waals surface area contributed by atoms with Crippen LogP contribution in [0.1, 0.15) is 52.1 Å². The van der Waals surface area contributed by atoms with E-state index in [0.29, 0.717) is 12.6 Å². The Balaban J connectivity index is 1.97. The first-order valence-corrected chi connectivity index (χ1v) is 8.53. The maximum atomic E-state index is 12.4. The van der Waals surface area contributed by atoms with E-state index in [-0.39, 0.29) is 18.1 Å². The first kappa shape index (κ1) is 17.9. The van der Waals surface area contributed by atoms with E-state index in [9.17, 15) is 4.79 Å². The third-order valence-electron chi connectivity index (χ3n) is 4.28. The van der Waals surface area contributed by atoms with Crippen LogP contribution in [-0.2, 0) is 10.3 Å². The molecule has 130 valence electrons. The maximum Gasteiger partial charge on any atom is 0.239 e. The highest BCUT2D eigenvalue weighted by molar-refractivity contribution is 5.91. The van der Waals surface area contributed by atoms with E-state index in [4.69, 9.17) is 5.11 Å². The summed E-state index contributed by atoms with van der Waals surface area (Å²) in [5.74, 6) is 0.761. The number of nitrogens with one attached hydrogen (secondary N) is 1. The molecule has 0 saturated carbocycles. The molecule has 0 spiro atoms. The van der Waals surface area contributed by atoms with Crippen molar-refractivity contribution in [3.8, 4) is 0 Å². The number of aryl methyl sites for hydroxylation is 1. The van der Waals surface area contributed by atoms with Gasteiger partial charge in [0, 0.05) is 18.7 Å². The summed E-state index contributed by atoms with van der Waals surface area (Å²) in [5, 5.41) is 16.5. The Morgan fingerprint density at radius 2 is 2.22 bits per heavy atom. The minimum Gasteiger partial charge on any atom is -0.396 e. The Kier molecular flexibility index (Phi) is 5.81. The Morgan fingerprint density at radius 1 is 1.48 bits per heavy atom. The maximum absolute atomic E-state index is 12.4. The fourth-order valence-corrected chi connectivity index (χ4v) is 3.22. The van der Waals surface area contributed by atoms with Gasteiger partial charge in [0.05, 0.1) is 17.8 Å². The molecule has 6 heteroatoms. The number of hydrogen-bond donors (Lipinski definition) is 2. The second-order valence-electron chi connectivity index (χ2n) is 7.43. The van der Waals surface area contributed by atoms with Crippen molar-refractivity contribution in [2.75, 3.05) is 25.0 Å². The normalized spacial score (nSPS) is 19.3. The summed E-state index contributed by atoms with van der Waals surface area (Å²) in [6.07, 6.45) is 4.01. The summed E-state index contributed by atoms with van der Waals surface area (Å²) in [6, 6.07) is 2.33. The lowest BCUT2D eigenvalue weighted by Gasteiger charge is -2.25. The van der Waals surface area contributed by atoms with Crippen LogP contribution in [0.25, 0.3) is 0 Å². The van der Waals surface area contributed by atoms with Gasteiger partial charge in [-0.25, -0.2) is 4.68 Å². The van der Waals surface area contributed by atoms with Crippen LogP contribution >= 0.6 is 0 Å². The van der Waals surface area contributed by atoms with Crippen molar-refractivity contribution in [3.05, 3.63) is 11.8 Å². The molecule has 0 aliphatic carbocycles. The molecule has 2 heterocycles. The van der Waals surface area contributed by atoms with E-state index in [1.165, 1.54) is 0 Å². The van der Waals surface area contributed by atoms with Crippen LogP contribution in [0.3, 0.4) is 0 Å². The number of anilines is 1. The van der Waals surface area contributed by atoms with Gasteiger partial charge in [0.25, 0.3) is 0 Å². The lowest BCUT2D eigenvalue weighted by Crippen LogP contribution is -2.37. The van der Waals surface area contributed by atoms with Gasteiger partial charge in [-0.3, -0.25) is 9.69 Å². The van der Waals surface area contributed by atoms with Gasteiger partial charge in [-0.05, 0) is 59.9 Å². The van der Waals surface area contributed by atoms with Crippen LogP contribution in [-0.4, -0.2) is 51.4 Å². The summed E-state index contributed by atoms with van der Waals surface area (Å²) in [7, 11) is 0. The molecule has 1 atom stereocenters. The highest BCUT2D eigenvalue weighted by Gasteiger charge is 2.26. The molecule has 6 nitrogen and oxygen atoms in total. The summed E-state index contributed by atoms with van der Waals surface area (Å²) < 4.78 is 1.87. The van der Waals surface area contributed by atoms with Crippen LogP contribution in [0.15, 0.2) is 6.07 Å². The van der Waals surface area contributed by atoms with Crippen LogP contribution in [0.4, 0.5) is 5.82 Å². The number of aliphatic hydroxyl groups excluding tert-OH is 1. The van der Waals surface area contributed by atoms with Crippen molar-refractivity contribution in [3.63, 3.8) is 0 Å². The second kappa shape index (κ2) is 7.45. The van der Waals surface area contributed by atoms with Crippen LogP contribution in [0, 0.1) is 6.92 Å². The number of hydrogen-bond acceptors (Lipinski definition) is 4. The topological polar surface area (TPSA) is 70.4 Å². The molecule has 0 aromatic carbocycles. The molecule has 1 aromatic heterocycles. The van der Waals surface area contributed by atoms with Crippen LogP contribution in [0.2, 0.25) is 0 Å². The molecule has 1 fully saturated rings. The average Bonchev–Trinajstić information content (AvgIpc) is 3.02. The molecule has 1 aromatic rings. The summed E-state index contributed by atoms with van der Waals surface area (Å²) in [6.45, 7) is 9.73. The molecule has 1 aliphatic heterocycles. The average molecular weight is 322 g/mol. The number of aromatic nitrogens is 2. The van der Waals surface area contributed by atoms with Crippen LogP contribution < -0.4 is 5.32 Å². The molecule has 2 N–H and O–H groups in total. The van der Waals surface area contributed by atoms with Crippen molar-refractivity contribution in [2.45, 2.75) is 65.0 Å². The van der Waals surface area contributed by atoms with Gasteiger partial charge < -0.3 is 10.4 Å². The number of carbonyl (C=O) groups excluding carboxylic acids is 1. The van der Waals surface area contributed by atoms with Crippen molar-refractivity contribution in [1.82, 2.24) is 14.7 Å². The predicted octanol–water partition coefficient (Wildman–Crippen LogP) is 2.12. The Labute approximate surface area is 138 Å². The van der Waals surface area contributed by atoms with Gasteiger partial charge >= 0.3 is 0 Å². The van der Waals surface area contributed by atoms with Gasteiger partial charge in [0.1, 0.15) is 5.82 Å². The van der Waals surface area contributed by atoms with E-state index in [2.05, 4.69) is 36.1 Å². The zero-order valence-corrected chi connectivity index (χ0v) is 14.8. The number of amides is 1. The Hall–Kier alpha value is -1.40. The van der Waals surface area contributed by atoms with Gasteiger partial charge in [0.15, 0.2) is 0 Å². The standard InChI is InChI=1S/C17H30N4O2/c1-13-11-15(21(19-13)17(2,3)4)18-16(23)12-20-9-5-7-14(20)8-6-10-22/h11,14,22H,5-10,12H2,1-4H3,(H,18,23). The zero-order valence-electron chi connectivity index (χ0n) is 14.8. The second-order valence-corrected chi connectivity index (χ2v) is 7.43. The number of carbonyl (C=O) groups is 1. The number of likely N-dealkylation sites (tertiary alicyclic amines) is 1. The molecule has 23 heavy (non-hydrogen) atoms. The number of aliphatic hydroxyl groups is 1. The Bertz CT molecular complexity index is 533. The van der Waals surface area contributed by atoms with E-state index in [1.54, 1.807) is 0 Å². The fourth-order valence-electron chi connectivity index (χ4n) is 3.22. The van der Waals surface area contributed by atoms with E-state index >= 15 is 0 Å². The molecule has 1 aliphatic rings. The van der Waals surface area contributed by atoms with Gasteiger partial charge in [-0.2, -0.15) is 5.10 Å². The summed E-state index contributed by atoms with van der Waals surface area (Å²) in [4.78, 5) is 14.7. The van der Waals surface area contributed by atoms with Crippen LogP contribution in [0.5, 0.6) is 0 Å². The summed E-state index contributed by atoms with van der Waals surface area (Å²) in [5.41, 5.74) is 0.728. The van der Waals surface area contributed by atoms with Crippen molar-refractivity contribution in [1.29, 1.82) is 0 Å². The number of rotatable bonds is 6. The molecule has 1 saturated heterocycles. The number of nitrogens with zero attached hydrogens (tertiary/aromatic N) is 3. The molecular formula is C17H30N4O2. The quantitative estimate of drug-likeness (QED) is 0.842. The molecule has 0 radical (unpaired) electrons. The van der Waals surface area contributed by atoms with E-state index < -0.39 is 0 Å². The Morgan fingerprint density at radius 3 is 2.87 bits per heavy atom. The summed E-state index contributed by atoms with van der Waals surface area (Å²) >= 11 is 0. The first-order valence-electron chi connectivity index (χ1n) is 8.53. The van der Waals surface area contributed by atoms with Crippen molar-refractivity contribution in [2.24, 2.45) is 0 Å². The molecule has 1 amide bonds. The smallest absolute Gasteiger partial charge is 0.239 e. The molecule has 2 rings (SSSR count). The minimum absolute atomic E-state index is 0.00583. The molecule has 0 bridgehead atoms. The third-order valence-corrected chi connectivity index (χ3v) is 4.28. The third kappa shape index (κ3) is 4.78. The fraction of sp³-hybridized carbons (Fsp3) is 0.765. The van der Waals surface area contributed by atoms with Crippen molar-refractivity contribution >= 4 is 11.7 Å². The largest absolute Gasteiger partial charge is 0.396 e. The first-order chi connectivity index (χ1) is 10.8. The van der Waals surface area contributed by atoms with Crippen molar-refractivity contribution < 1.29 is 9.90 Å².